The van der Waals surface area contributed by atoms with Gasteiger partial charge in [-0.05, 0) is 12.8 Å². The van der Waals surface area contributed by atoms with Gasteiger partial charge in [-0.1, -0.05) is 19.3 Å². The molecule has 1 rings (SSSR count). The van der Waals surface area contributed by atoms with E-state index in [1.54, 1.807) is 4.90 Å². The van der Waals surface area contributed by atoms with Crippen molar-refractivity contribution in [2.75, 3.05) is 19.7 Å². The monoisotopic (exact) mass is 171 g/mol. The number of nitrogens with zero attached hydrogens (tertiary/aromatic N) is 1. The number of likely N-dealkylation sites (tertiary alicyclic amines) is 1. The van der Waals surface area contributed by atoms with Crippen LogP contribution in [-0.2, 0) is 4.79 Å². The molecule has 1 aliphatic heterocycles. The van der Waals surface area contributed by atoms with E-state index in [-0.39, 0.29) is 12.5 Å². The summed E-state index contributed by atoms with van der Waals surface area (Å²) in [6.07, 6.45) is 5.91. The van der Waals surface area contributed by atoms with E-state index in [4.69, 9.17) is 5.11 Å². The fourth-order valence-corrected chi connectivity index (χ4v) is 1.60. The van der Waals surface area contributed by atoms with Gasteiger partial charge in [-0.25, -0.2) is 0 Å². The van der Waals surface area contributed by atoms with Crippen molar-refractivity contribution in [3.8, 4) is 0 Å². The summed E-state index contributed by atoms with van der Waals surface area (Å²) in [6.45, 7) is 1.33. The third-order valence-corrected chi connectivity index (χ3v) is 2.34. The topological polar surface area (TPSA) is 40.5 Å². The molecule has 1 amide bonds. The molecule has 0 spiro atoms. The molecule has 1 N–H and O–H groups in total. The summed E-state index contributed by atoms with van der Waals surface area (Å²) >= 11 is 0. The number of hydrogen-bond donors (Lipinski definition) is 1. The van der Waals surface area contributed by atoms with Crippen molar-refractivity contribution in [2.24, 2.45) is 0 Å². The highest BCUT2D eigenvalue weighted by Gasteiger charge is 2.12. The van der Waals surface area contributed by atoms with Crippen molar-refractivity contribution in [3.63, 3.8) is 0 Å². The Bertz CT molecular complexity index is 139. The Labute approximate surface area is 73.4 Å². The molecule has 0 aromatic rings. The van der Waals surface area contributed by atoms with Crippen LogP contribution in [0.4, 0.5) is 0 Å². The van der Waals surface area contributed by atoms with Gasteiger partial charge in [0.15, 0.2) is 0 Å². The predicted octanol–water partition coefficient (Wildman–Crippen LogP) is 0.771. The van der Waals surface area contributed by atoms with Gasteiger partial charge >= 0.3 is 0 Å². The fourth-order valence-electron chi connectivity index (χ4n) is 1.60. The van der Waals surface area contributed by atoms with Crippen molar-refractivity contribution >= 4 is 5.91 Å². The van der Waals surface area contributed by atoms with Crippen molar-refractivity contribution in [3.05, 3.63) is 0 Å². The quantitative estimate of drug-likeness (QED) is 0.633. The standard InChI is InChI=1S/C9H17NO2/c11-8-9(12)10-6-4-2-1-3-5-7-10/h11H,1-8H2. The van der Waals surface area contributed by atoms with E-state index in [1.807, 2.05) is 0 Å². The van der Waals surface area contributed by atoms with E-state index in [0.29, 0.717) is 0 Å². The maximum absolute atomic E-state index is 11.1. The van der Waals surface area contributed by atoms with E-state index in [1.165, 1.54) is 19.3 Å². The number of amides is 1. The molecule has 0 unspecified atom stereocenters. The summed E-state index contributed by atoms with van der Waals surface area (Å²) in [5, 5.41) is 8.66. The maximum Gasteiger partial charge on any atom is 0.248 e. The van der Waals surface area contributed by atoms with Crippen LogP contribution < -0.4 is 0 Å². The number of carbonyl (C=O) groups excluding carboxylic acids is 1. The molecule has 1 heterocycles. The van der Waals surface area contributed by atoms with Crippen LogP contribution >= 0.6 is 0 Å². The summed E-state index contributed by atoms with van der Waals surface area (Å²) in [5.74, 6) is -0.114. The minimum atomic E-state index is -0.333. The number of carbonyl (C=O) groups is 1. The Kier molecular flexibility index (Phi) is 4.08. The van der Waals surface area contributed by atoms with E-state index in [2.05, 4.69) is 0 Å². The molecule has 0 aromatic carbocycles. The predicted molar refractivity (Wildman–Crippen MR) is 46.8 cm³/mol. The van der Waals surface area contributed by atoms with Gasteiger partial charge in [-0.3, -0.25) is 4.79 Å². The lowest BCUT2D eigenvalue weighted by molar-refractivity contribution is -0.134. The average molecular weight is 171 g/mol. The third kappa shape index (κ3) is 2.81. The second kappa shape index (κ2) is 5.14. The maximum atomic E-state index is 11.1. The van der Waals surface area contributed by atoms with Gasteiger partial charge in [-0.2, -0.15) is 0 Å². The lowest BCUT2D eigenvalue weighted by Gasteiger charge is -2.23. The molecule has 1 aliphatic rings. The first-order valence-corrected chi connectivity index (χ1v) is 4.73. The first-order valence-electron chi connectivity index (χ1n) is 4.73. The Morgan fingerprint density at radius 3 is 2.08 bits per heavy atom. The lowest BCUT2D eigenvalue weighted by Crippen LogP contribution is -2.35. The Hall–Kier alpha value is -0.570. The molecule has 0 aliphatic carbocycles. The Balaban J connectivity index is 2.34. The highest BCUT2D eigenvalue weighted by atomic mass is 16.3. The zero-order valence-electron chi connectivity index (χ0n) is 7.46. The molecule has 3 nitrogen and oxygen atoms in total. The first kappa shape index (κ1) is 9.52. The summed E-state index contributed by atoms with van der Waals surface area (Å²) in [7, 11) is 0. The van der Waals surface area contributed by atoms with Gasteiger partial charge < -0.3 is 10.0 Å². The number of aliphatic hydroxyl groups excluding tert-OH is 1. The van der Waals surface area contributed by atoms with Gasteiger partial charge in [0.05, 0.1) is 0 Å². The summed E-state index contributed by atoms with van der Waals surface area (Å²) in [6, 6.07) is 0. The SMILES string of the molecule is O=C(CO)N1CCCCCCC1. The Morgan fingerprint density at radius 1 is 1.08 bits per heavy atom. The molecule has 12 heavy (non-hydrogen) atoms. The van der Waals surface area contributed by atoms with Crippen LogP contribution in [0.15, 0.2) is 0 Å². The zero-order chi connectivity index (χ0) is 8.81. The normalized spacial score (nSPS) is 19.9. The van der Waals surface area contributed by atoms with Crippen LogP contribution in [0.5, 0.6) is 0 Å². The van der Waals surface area contributed by atoms with Crippen LogP contribution in [0.1, 0.15) is 32.1 Å². The molecule has 1 fully saturated rings. The van der Waals surface area contributed by atoms with Crippen LogP contribution in [-0.4, -0.2) is 35.6 Å². The third-order valence-electron chi connectivity index (χ3n) is 2.34. The molecular weight excluding hydrogens is 154 g/mol. The molecule has 0 bridgehead atoms. The molecule has 3 heteroatoms. The fraction of sp³-hybridized carbons (Fsp3) is 0.889. The molecule has 0 radical (unpaired) electrons. The molecule has 0 saturated carbocycles. The summed E-state index contributed by atoms with van der Waals surface area (Å²) in [5.41, 5.74) is 0. The molecule has 70 valence electrons. The van der Waals surface area contributed by atoms with Gasteiger partial charge in [0.1, 0.15) is 6.61 Å². The smallest absolute Gasteiger partial charge is 0.248 e. The minimum Gasteiger partial charge on any atom is -0.387 e. The van der Waals surface area contributed by atoms with Gasteiger partial charge in [0.2, 0.25) is 5.91 Å². The van der Waals surface area contributed by atoms with E-state index in [9.17, 15) is 4.79 Å². The Morgan fingerprint density at radius 2 is 1.58 bits per heavy atom. The minimum absolute atomic E-state index is 0.114. The van der Waals surface area contributed by atoms with Crippen molar-refractivity contribution in [1.82, 2.24) is 4.90 Å². The number of aliphatic hydroxyl groups is 1. The molecular formula is C9H17NO2. The van der Waals surface area contributed by atoms with Crippen LogP contribution in [0.25, 0.3) is 0 Å². The second-order valence-electron chi connectivity index (χ2n) is 3.31. The van der Waals surface area contributed by atoms with Crippen LogP contribution in [0, 0.1) is 0 Å². The van der Waals surface area contributed by atoms with Crippen LogP contribution in [0.3, 0.4) is 0 Å². The highest BCUT2D eigenvalue weighted by molar-refractivity contribution is 5.77. The van der Waals surface area contributed by atoms with E-state index >= 15 is 0 Å². The van der Waals surface area contributed by atoms with Crippen molar-refractivity contribution < 1.29 is 9.90 Å². The molecule has 0 atom stereocenters. The summed E-state index contributed by atoms with van der Waals surface area (Å²) in [4.78, 5) is 12.9. The molecule has 1 saturated heterocycles. The number of rotatable bonds is 1. The van der Waals surface area contributed by atoms with Crippen LogP contribution in [0.2, 0.25) is 0 Å². The van der Waals surface area contributed by atoms with E-state index in [0.717, 1.165) is 25.9 Å². The van der Waals surface area contributed by atoms with Gasteiger partial charge in [0, 0.05) is 13.1 Å². The van der Waals surface area contributed by atoms with Gasteiger partial charge in [0.25, 0.3) is 0 Å². The van der Waals surface area contributed by atoms with E-state index < -0.39 is 0 Å². The largest absolute Gasteiger partial charge is 0.387 e. The first-order chi connectivity index (χ1) is 5.84. The number of hydrogen-bond acceptors (Lipinski definition) is 2. The lowest BCUT2D eigenvalue weighted by atomic mass is 10.1. The average Bonchev–Trinajstić information content (AvgIpc) is 2.02. The van der Waals surface area contributed by atoms with Gasteiger partial charge in [-0.15, -0.1) is 0 Å². The zero-order valence-corrected chi connectivity index (χ0v) is 7.46. The summed E-state index contributed by atoms with van der Waals surface area (Å²) < 4.78 is 0. The van der Waals surface area contributed by atoms with Crippen molar-refractivity contribution in [1.29, 1.82) is 0 Å². The molecule has 0 aromatic heterocycles. The second-order valence-corrected chi connectivity index (χ2v) is 3.31. The highest BCUT2D eigenvalue weighted by Crippen LogP contribution is 2.10. The van der Waals surface area contributed by atoms with Crippen molar-refractivity contribution in [2.45, 2.75) is 32.1 Å².